The minimum atomic E-state index is 0. The highest BCUT2D eigenvalue weighted by molar-refractivity contribution is 14.0. The summed E-state index contributed by atoms with van der Waals surface area (Å²) in [5.74, 6) is 2.34. The fourth-order valence-electron chi connectivity index (χ4n) is 2.20. The zero-order valence-electron chi connectivity index (χ0n) is 12.2. The Kier molecular flexibility index (Phi) is 9.81. The van der Waals surface area contributed by atoms with Crippen molar-refractivity contribution in [1.82, 2.24) is 15.5 Å². The first kappa shape index (κ1) is 18.0. The second kappa shape index (κ2) is 9.83. The lowest BCUT2D eigenvalue weighted by Gasteiger charge is -2.30. The largest absolute Gasteiger partial charge is 0.356 e. The molecule has 0 aromatic carbocycles. The summed E-state index contributed by atoms with van der Waals surface area (Å²) in [6.45, 7) is 8.87. The number of aliphatic imine (C=N–C) groups is 1. The Labute approximate surface area is 129 Å². The summed E-state index contributed by atoms with van der Waals surface area (Å²) in [5.41, 5.74) is 0. The molecule has 5 heteroatoms. The molecule has 1 saturated heterocycles. The van der Waals surface area contributed by atoms with Gasteiger partial charge in [-0.3, -0.25) is 4.99 Å². The van der Waals surface area contributed by atoms with Crippen LogP contribution in [0.5, 0.6) is 0 Å². The Morgan fingerprint density at radius 1 is 1.39 bits per heavy atom. The second-order valence-corrected chi connectivity index (χ2v) is 5.50. The molecule has 0 aliphatic carbocycles. The number of piperidine rings is 1. The first-order valence-corrected chi connectivity index (χ1v) is 6.75. The Balaban J connectivity index is 0.00000289. The molecule has 18 heavy (non-hydrogen) atoms. The molecule has 4 nitrogen and oxygen atoms in total. The molecule has 0 bridgehead atoms. The summed E-state index contributed by atoms with van der Waals surface area (Å²) in [7, 11) is 4.04. The van der Waals surface area contributed by atoms with Gasteiger partial charge < -0.3 is 15.5 Å². The zero-order chi connectivity index (χ0) is 12.7. The highest BCUT2D eigenvalue weighted by Crippen LogP contribution is 2.13. The van der Waals surface area contributed by atoms with Crippen molar-refractivity contribution in [2.45, 2.75) is 26.7 Å². The van der Waals surface area contributed by atoms with Gasteiger partial charge in [-0.05, 0) is 38.3 Å². The number of nitrogens with zero attached hydrogens (tertiary/aromatic N) is 2. The Hall–Kier alpha value is -0.0400. The SMILES string of the molecule is CN=C(NCC(C)C)NCC1CCCN(C)C1.I. The van der Waals surface area contributed by atoms with Crippen LogP contribution in [0.1, 0.15) is 26.7 Å². The van der Waals surface area contributed by atoms with Crippen LogP contribution in [0.2, 0.25) is 0 Å². The molecule has 1 unspecified atom stereocenters. The van der Waals surface area contributed by atoms with Crippen molar-refractivity contribution < 1.29 is 0 Å². The molecule has 0 aromatic heterocycles. The van der Waals surface area contributed by atoms with Gasteiger partial charge >= 0.3 is 0 Å². The molecule has 1 atom stereocenters. The molecule has 1 aliphatic heterocycles. The van der Waals surface area contributed by atoms with Gasteiger partial charge in [0.05, 0.1) is 0 Å². The lowest BCUT2D eigenvalue weighted by molar-refractivity contribution is 0.210. The summed E-state index contributed by atoms with van der Waals surface area (Å²) >= 11 is 0. The van der Waals surface area contributed by atoms with Crippen LogP contribution in [0.3, 0.4) is 0 Å². The van der Waals surface area contributed by atoms with Crippen LogP contribution in [-0.2, 0) is 0 Å². The van der Waals surface area contributed by atoms with E-state index in [1.165, 1.54) is 25.9 Å². The maximum atomic E-state index is 4.24. The van der Waals surface area contributed by atoms with E-state index in [0.717, 1.165) is 25.0 Å². The number of likely N-dealkylation sites (tertiary alicyclic amines) is 1. The lowest BCUT2D eigenvalue weighted by Crippen LogP contribution is -2.44. The number of hydrogen-bond acceptors (Lipinski definition) is 2. The topological polar surface area (TPSA) is 39.7 Å². The molecular weight excluding hydrogens is 339 g/mol. The molecule has 0 radical (unpaired) electrons. The monoisotopic (exact) mass is 368 g/mol. The van der Waals surface area contributed by atoms with E-state index in [4.69, 9.17) is 0 Å². The third-order valence-electron chi connectivity index (χ3n) is 3.18. The molecule has 0 saturated carbocycles. The van der Waals surface area contributed by atoms with Crippen LogP contribution in [0.25, 0.3) is 0 Å². The van der Waals surface area contributed by atoms with E-state index >= 15 is 0 Å². The molecule has 0 aromatic rings. The summed E-state index contributed by atoms with van der Waals surface area (Å²) in [6, 6.07) is 0. The number of halogens is 1. The van der Waals surface area contributed by atoms with Gasteiger partial charge in [0.1, 0.15) is 0 Å². The van der Waals surface area contributed by atoms with E-state index in [2.05, 4.69) is 41.4 Å². The summed E-state index contributed by atoms with van der Waals surface area (Å²) in [6.07, 6.45) is 2.65. The fraction of sp³-hybridized carbons (Fsp3) is 0.923. The molecule has 2 N–H and O–H groups in total. The average Bonchev–Trinajstić information content (AvgIpc) is 2.29. The maximum Gasteiger partial charge on any atom is 0.190 e. The van der Waals surface area contributed by atoms with E-state index in [1.54, 1.807) is 0 Å². The van der Waals surface area contributed by atoms with Gasteiger partial charge in [0.15, 0.2) is 5.96 Å². The fourth-order valence-corrected chi connectivity index (χ4v) is 2.20. The third kappa shape index (κ3) is 7.41. The standard InChI is InChI=1S/C13H28N4.HI/c1-11(2)8-15-13(14-3)16-9-12-6-5-7-17(4)10-12;/h11-12H,5-10H2,1-4H3,(H2,14,15,16);1H. The van der Waals surface area contributed by atoms with Gasteiger partial charge in [0, 0.05) is 26.7 Å². The second-order valence-electron chi connectivity index (χ2n) is 5.50. The van der Waals surface area contributed by atoms with Crippen molar-refractivity contribution in [3.05, 3.63) is 0 Å². The van der Waals surface area contributed by atoms with Crippen LogP contribution in [0.15, 0.2) is 4.99 Å². The normalized spacial score (nSPS) is 21.6. The predicted molar refractivity (Wildman–Crippen MR) is 89.8 cm³/mol. The van der Waals surface area contributed by atoms with E-state index in [0.29, 0.717) is 5.92 Å². The molecule has 0 amide bonds. The molecule has 1 aliphatic rings. The Morgan fingerprint density at radius 3 is 2.67 bits per heavy atom. The van der Waals surface area contributed by atoms with Gasteiger partial charge in [-0.2, -0.15) is 0 Å². The average molecular weight is 368 g/mol. The third-order valence-corrected chi connectivity index (χ3v) is 3.18. The van der Waals surface area contributed by atoms with Crippen molar-refractivity contribution in [2.24, 2.45) is 16.8 Å². The van der Waals surface area contributed by atoms with Crippen molar-refractivity contribution in [3.8, 4) is 0 Å². The molecule has 0 spiro atoms. The highest BCUT2D eigenvalue weighted by atomic mass is 127. The number of hydrogen-bond donors (Lipinski definition) is 2. The molecule has 1 heterocycles. The molecular formula is C13H29IN4. The van der Waals surface area contributed by atoms with Gasteiger partial charge in [-0.25, -0.2) is 0 Å². The number of rotatable bonds is 4. The molecule has 108 valence electrons. The summed E-state index contributed by atoms with van der Waals surface area (Å²) < 4.78 is 0. The van der Waals surface area contributed by atoms with Crippen molar-refractivity contribution in [1.29, 1.82) is 0 Å². The van der Waals surface area contributed by atoms with Crippen molar-refractivity contribution in [3.63, 3.8) is 0 Å². The predicted octanol–water partition coefficient (Wildman–Crippen LogP) is 1.77. The van der Waals surface area contributed by atoms with E-state index in [-0.39, 0.29) is 24.0 Å². The van der Waals surface area contributed by atoms with E-state index < -0.39 is 0 Å². The lowest BCUT2D eigenvalue weighted by atomic mass is 9.99. The van der Waals surface area contributed by atoms with Crippen LogP contribution < -0.4 is 10.6 Å². The zero-order valence-corrected chi connectivity index (χ0v) is 14.5. The van der Waals surface area contributed by atoms with Gasteiger partial charge in [0.2, 0.25) is 0 Å². The van der Waals surface area contributed by atoms with Gasteiger partial charge in [-0.1, -0.05) is 13.8 Å². The van der Waals surface area contributed by atoms with Crippen LogP contribution in [0.4, 0.5) is 0 Å². The van der Waals surface area contributed by atoms with E-state index in [1.807, 2.05) is 7.05 Å². The summed E-state index contributed by atoms with van der Waals surface area (Å²) in [5, 5.41) is 6.77. The summed E-state index contributed by atoms with van der Waals surface area (Å²) in [4.78, 5) is 6.66. The molecule has 1 fully saturated rings. The van der Waals surface area contributed by atoms with Crippen molar-refractivity contribution >= 4 is 29.9 Å². The first-order chi connectivity index (χ1) is 8.11. The Morgan fingerprint density at radius 2 is 2.11 bits per heavy atom. The van der Waals surface area contributed by atoms with Crippen LogP contribution in [-0.4, -0.2) is 51.1 Å². The van der Waals surface area contributed by atoms with Gasteiger partial charge in [0.25, 0.3) is 0 Å². The Bertz CT molecular complexity index is 243. The highest BCUT2D eigenvalue weighted by Gasteiger charge is 2.17. The van der Waals surface area contributed by atoms with Crippen LogP contribution >= 0.6 is 24.0 Å². The van der Waals surface area contributed by atoms with E-state index in [9.17, 15) is 0 Å². The van der Waals surface area contributed by atoms with Crippen LogP contribution in [0, 0.1) is 11.8 Å². The van der Waals surface area contributed by atoms with Crippen molar-refractivity contribution in [2.75, 3.05) is 40.3 Å². The smallest absolute Gasteiger partial charge is 0.190 e. The minimum absolute atomic E-state index is 0. The maximum absolute atomic E-state index is 4.24. The number of nitrogens with one attached hydrogen (secondary N) is 2. The van der Waals surface area contributed by atoms with Gasteiger partial charge in [-0.15, -0.1) is 24.0 Å². The number of guanidine groups is 1. The molecule has 1 rings (SSSR count). The first-order valence-electron chi connectivity index (χ1n) is 6.75. The minimum Gasteiger partial charge on any atom is -0.356 e. The quantitative estimate of drug-likeness (QED) is 0.451.